The molecule has 0 aliphatic carbocycles. The number of hydrogen-bond donors (Lipinski definition) is 0. The van der Waals surface area contributed by atoms with E-state index in [1.165, 1.54) is 22.7 Å². The Morgan fingerprint density at radius 2 is 2.00 bits per heavy atom. The number of nitrogens with zero attached hydrogens (tertiary/aromatic N) is 2. The molecule has 0 bridgehead atoms. The SMILES string of the molecule is CCOCCn1c(=NC(=O)c2cccs2)sc2cc(OC)c(OC)cc21. The van der Waals surface area contributed by atoms with Crippen molar-refractivity contribution in [2.75, 3.05) is 27.4 Å². The third-order valence-electron chi connectivity index (χ3n) is 3.78. The Balaban J connectivity index is 2.13. The topological polar surface area (TPSA) is 62.1 Å². The Morgan fingerprint density at radius 1 is 1.23 bits per heavy atom. The van der Waals surface area contributed by atoms with E-state index < -0.39 is 0 Å². The number of carbonyl (C=O) groups is 1. The monoisotopic (exact) mass is 392 g/mol. The van der Waals surface area contributed by atoms with Crippen LogP contribution in [0.5, 0.6) is 11.5 Å². The minimum absolute atomic E-state index is 0.240. The van der Waals surface area contributed by atoms with E-state index in [0.29, 0.717) is 40.9 Å². The van der Waals surface area contributed by atoms with Crippen molar-refractivity contribution < 1.29 is 19.0 Å². The molecule has 0 spiro atoms. The van der Waals surface area contributed by atoms with Crippen LogP contribution in [-0.4, -0.2) is 37.9 Å². The van der Waals surface area contributed by atoms with Crippen LogP contribution in [0.1, 0.15) is 16.6 Å². The Kier molecular flexibility index (Phi) is 6.08. The molecule has 2 aromatic heterocycles. The number of thiazole rings is 1. The first-order valence-electron chi connectivity index (χ1n) is 8.13. The smallest absolute Gasteiger partial charge is 0.289 e. The number of thiophene rings is 1. The number of amides is 1. The molecule has 1 amide bonds. The summed E-state index contributed by atoms with van der Waals surface area (Å²) in [5.41, 5.74) is 0.935. The fourth-order valence-corrected chi connectivity index (χ4v) is 4.21. The standard InChI is InChI=1S/C18H20N2O4S2/c1-4-24-8-7-20-12-10-13(22-2)14(23-3)11-16(12)26-18(20)19-17(21)15-6-5-9-25-15/h5-6,9-11H,4,7-8H2,1-3H3. The average molecular weight is 393 g/mol. The molecule has 0 fully saturated rings. The lowest BCUT2D eigenvalue weighted by Crippen LogP contribution is -2.19. The molecule has 1 aromatic carbocycles. The van der Waals surface area contributed by atoms with Gasteiger partial charge in [-0.1, -0.05) is 17.4 Å². The van der Waals surface area contributed by atoms with Crippen LogP contribution in [0.25, 0.3) is 10.2 Å². The third kappa shape index (κ3) is 3.82. The van der Waals surface area contributed by atoms with Crippen molar-refractivity contribution in [1.29, 1.82) is 0 Å². The third-order valence-corrected chi connectivity index (χ3v) is 5.68. The van der Waals surface area contributed by atoms with E-state index in [9.17, 15) is 4.79 Å². The van der Waals surface area contributed by atoms with Crippen molar-refractivity contribution in [3.05, 3.63) is 39.3 Å². The Morgan fingerprint density at radius 3 is 2.65 bits per heavy atom. The Bertz CT molecular complexity index is 958. The van der Waals surface area contributed by atoms with Gasteiger partial charge >= 0.3 is 0 Å². The molecule has 138 valence electrons. The minimum Gasteiger partial charge on any atom is -0.493 e. The summed E-state index contributed by atoms with van der Waals surface area (Å²) in [6, 6.07) is 7.44. The van der Waals surface area contributed by atoms with Gasteiger partial charge in [-0.05, 0) is 18.4 Å². The molecule has 3 rings (SSSR count). The van der Waals surface area contributed by atoms with Gasteiger partial charge in [0.05, 0.1) is 35.9 Å². The van der Waals surface area contributed by atoms with E-state index in [0.717, 1.165) is 10.2 Å². The minimum atomic E-state index is -0.240. The van der Waals surface area contributed by atoms with Gasteiger partial charge in [-0.25, -0.2) is 0 Å². The van der Waals surface area contributed by atoms with Gasteiger partial charge in [0, 0.05) is 25.3 Å². The molecule has 0 unspecified atom stereocenters. The van der Waals surface area contributed by atoms with Gasteiger partial charge in [0.2, 0.25) is 0 Å². The van der Waals surface area contributed by atoms with Crippen LogP contribution in [0.15, 0.2) is 34.6 Å². The van der Waals surface area contributed by atoms with E-state index in [4.69, 9.17) is 14.2 Å². The van der Waals surface area contributed by atoms with Crippen LogP contribution in [-0.2, 0) is 11.3 Å². The van der Waals surface area contributed by atoms with E-state index in [-0.39, 0.29) is 5.91 Å². The van der Waals surface area contributed by atoms with Crippen LogP contribution in [0.4, 0.5) is 0 Å². The maximum atomic E-state index is 12.4. The largest absolute Gasteiger partial charge is 0.493 e. The van der Waals surface area contributed by atoms with Crippen molar-refractivity contribution in [3.63, 3.8) is 0 Å². The summed E-state index contributed by atoms with van der Waals surface area (Å²) in [6.07, 6.45) is 0. The van der Waals surface area contributed by atoms with Gasteiger partial charge in [0.25, 0.3) is 5.91 Å². The highest BCUT2D eigenvalue weighted by molar-refractivity contribution is 7.16. The number of fused-ring (bicyclic) bond motifs is 1. The molecule has 8 heteroatoms. The Labute approximate surface area is 159 Å². The second kappa shape index (κ2) is 8.48. The van der Waals surface area contributed by atoms with E-state index in [1.54, 1.807) is 20.3 Å². The molecule has 26 heavy (non-hydrogen) atoms. The molecule has 0 radical (unpaired) electrons. The van der Waals surface area contributed by atoms with Crippen molar-refractivity contribution in [1.82, 2.24) is 4.57 Å². The second-order valence-corrected chi connectivity index (χ2v) is 7.26. The predicted octanol–water partition coefficient (Wildman–Crippen LogP) is 3.56. The highest BCUT2D eigenvalue weighted by Gasteiger charge is 2.14. The van der Waals surface area contributed by atoms with Gasteiger partial charge < -0.3 is 18.8 Å². The maximum absolute atomic E-state index is 12.4. The summed E-state index contributed by atoms with van der Waals surface area (Å²) in [5.74, 6) is 1.05. The number of carbonyl (C=O) groups excluding carboxylic acids is 1. The predicted molar refractivity (Wildman–Crippen MR) is 104 cm³/mol. The molecule has 0 aliphatic rings. The lowest BCUT2D eigenvalue weighted by molar-refractivity contribution is 0.100. The van der Waals surface area contributed by atoms with Crippen molar-refractivity contribution in [2.45, 2.75) is 13.5 Å². The summed E-state index contributed by atoms with van der Waals surface area (Å²) in [5, 5.41) is 1.87. The first-order chi connectivity index (χ1) is 12.7. The van der Waals surface area contributed by atoms with Gasteiger partial charge in [-0.15, -0.1) is 11.3 Å². The molecule has 0 saturated carbocycles. The van der Waals surface area contributed by atoms with Gasteiger partial charge in [-0.2, -0.15) is 4.99 Å². The first kappa shape index (κ1) is 18.6. The number of hydrogen-bond acceptors (Lipinski definition) is 6. The van der Waals surface area contributed by atoms with Crippen LogP contribution in [0.3, 0.4) is 0 Å². The molecule has 2 heterocycles. The zero-order valence-corrected chi connectivity index (χ0v) is 16.5. The quantitative estimate of drug-likeness (QED) is 0.577. The van der Waals surface area contributed by atoms with Crippen LogP contribution >= 0.6 is 22.7 Å². The molecule has 3 aromatic rings. The summed E-state index contributed by atoms with van der Waals surface area (Å²) in [7, 11) is 3.21. The maximum Gasteiger partial charge on any atom is 0.289 e. The number of benzene rings is 1. The van der Waals surface area contributed by atoms with Gasteiger partial charge in [0.1, 0.15) is 0 Å². The molecule has 0 aliphatic heterocycles. The van der Waals surface area contributed by atoms with Crippen molar-refractivity contribution in [2.24, 2.45) is 4.99 Å². The second-order valence-electron chi connectivity index (χ2n) is 5.30. The molecule has 0 saturated heterocycles. The fourth-order valence-electron chi connectivity index (χ4n) is 2.54. The molecular formula is C18H20N2O4S2. The highest BCUT2D eigenvalue weighted by atomic mass is 32.1. The first-order valence-corrected chi connectivity index (χ1v) is 9.83. The van der Waals surface area contributed by atoms with Crippen LogP contribution < -0.4 is 14.3 Å². The van der Waals surface area contributed by atoms with Crippen molar-refractivity contribution >= 4 is 38.8 Å². The van der Waals surface area contributed by atoms with Gasteiger partial charge in [0.15, 0.2) is 16.3 Å². The number of rotatable bonds is 7. The lowest BCUT2D eigenvalue weighted by atomic mass is 10.3. The summed E-state index contributed by atoms with van der Waals surface area (Å²) in [6.45, 7) is 3.73. The molecule has 0 atom stereocenters. The zero-order chi connectivity index (χ0) is 18.5. The number of ether oxygens (including phenoxy) is 3. The lowest BCUT2D eigenvalue weighted by Gasteiger charge is -2.09. The normalized spacial score (nSPS) is 11.9. The van der Waals surface area contributed by atoms with Crippen molar-refractivity contribution in [3.8, 4) is 11.5 Å². The van der Waals surface area contributed by atoms with E-state index >= 15 is 0 Å². The van der Waals surface area contributed by atoms with Crippen LogP contribution in [0.2, 0.25) is 0 Å². The fraction of sp³-hybridized carbons (Fsp3) is 0.333. The summed E-state index contributed by atoms with van der Waals surface area (Å²) >= 11 is 2.83. The van der Waals surface area contributed by atoms with E-state index in [2.05, 4.69) is 4.99 Å². The summed E-state index contributed by atoms with van der Waals surface area (Å²) < 4.78 is 19.2. The summed E-state index contributed by atoms with van der Waals surface area (Å²) in [4.78, 5) is 18.0. The number of methoxy groups -OCH3 is 2. The average Bonchev–Trinajstić information content (AvgIpc) is 3.29. The van der Waals surface area contributed by atoms with Gasteiger partial charge in [-0.3, -0.25) is 4.79 Å². The van der Waals surface area contributed by atoms with Crippen LogP contribution in [0, 0.1) is 0 Å². The molecule has 0 N–H and O–H groups in total. The zero-order valence-electron chi connectivity index (χ0n) is 14.9. The molecular weight excluding hydrogens is 372 g/mol. The highest BCUT2D eigenvalue weighted by Crippen LogP contribution is 2.33. The molecule has 6 nitrogen and oxygen atoms in total. The number of aromatic nitrogens is 1. The Hall–Kier alpha value is -2.16. The van der Waals surface area contributed by atoms with E-state index in [1.807, 2.05) is 35.1 Å².